The van der Waals surface area contributed by atoms with Crippen molar-refractivity contribution in [2.75, 3.05) is 13.2 Å². The van der Waals surface area contributed by atoms with Crippen molar-refractivity contribution in [2.24, 2.45) is 11.7 Å². The summed E-state index contributed by atoms with van der Waals surface area (Å²) in [5.74, 6) is 1.82. The van der Waals surface area contributed by atoms with Crippen LogP contribution < -0.4 is 10.5 Å². The second-order valence-electron chi connectivity index (χ2n) is 6.51. The number of benzene rings is 1. The van der Waals surface area contributed by atoms with Gasteiger partial charge < -0.3 is 15.2 Å². The Labute approximate surface area is 135 Å². The summed E-state index contributed by atoms with van der Waals surface area (Å²) in [7, 11) is 0. The summed E-state index contributed by atoms with van der Waals surface area (Å²) in [5, 5.41) is 0. The first-order valence-corrected chi connectivity index (χ1v) is 8.69. The summed E-state index contributed by atoms with van der Waals surface area (Å²) in [5.41, 5.74) is 8.31. The van der Waals surface area contributed by atoms with Crippen molar-refractivity contribution in [3.05, 3.63) is 27.7 Å². The zero-order valence-corrected chi connectivity index (χ0v) is 14.2. The molecule has 4 heteroatoms. The summed E-state index contributed by atoms with van der Waals surface area (Å²) in [6.45, 7) is 4.29. The highest BCUT2D eigenvalue weighted by molar-refractivity contribution is 9.10. The zero-order chi connectivity index (χ0) is 14.9. The quantitative estimate of drug-likeness (QED) is 0.894. The summed E-state index contributed by atoms with van der Waals surface area (Å²) in [6.07, 6.45) is 5.55. The van der Waals surface area contributed by atoms with Gasteiger partial charge in [0.1, 0.15) is 5.75 Å². The Bertz CT molecular complexity index is 510. The van der Waals surface area contributed by atoms with Crippen LogP contribution in [0.25, 0.3) is 0 Å². The van der Waals surface area contributed by atoms with E-state index in [4.69, 9.17) is 15.2 Å². The second kappa shape index (κ2) is 6.27. The maximum atomic E-state index is 6.31. The van der Waals surface area contributed by atoms with E-state index < -0.39 is 0 Å². The lowest BCUT2D eigenvalue weighted by atomic mass is 9.79. The number of nitrogens with two attached hydrogens (primary N) is 1. The molecule has 116 valence electrons. The molecular formula is C17H24BrNO2. The van der Waals surface area contributed by atoms with E-state index in [0.29, 0.717) is 13.2 Å². The van der Waals surface area contributed by atoms with Crippen LogP contribution in [0.4, 0.5) is 0 Å². The fourth-order valence-electron chi connectivity index (χ4n) is 3.38. The van der Waals surface area contributed by atoms with Gasteiger partial charge in [-0.05, 0) is 49.3 Å². The molecule has 1 saturated carbocycles. The molecule has 3 rings (SSSR count). The lowest BCUT2D eigenvalue weighted by Gasteiger charge is -2.38. The van der Waals surface area contributed by atoms with Crippen LogP contribution in [0.15, 0.2) is 16.6 Å². The van der Waals surface area contributed by atoms with Gasteiger partial charge in [0.2, 0.25) is 0 Å². The monoisotopic (exact) mass is 353 g/mol. The van der Waals surface area contributed by atoms with Gasteiger partial charge in [-0.3, -0.25) is 0 Å². The topological polar surface area (TPSA) is 44.5 Å². The maximum Gasteiger partial charge on any atom is 0.128 e. The second-order valence-corrected chi connectivity index (χ2v) is 7.43. The van der Waals surface area contributed by atoms with Crippen molar-refractivity contribution in [3.8, 4) is 5.75 Å². The smallest absolute Gasteiger partial charge is 0.128 e. The summed E-state index contributed by atoms with van der Waals surface area (Å²) in [4.78, 5) is 0. The summed E-state index contributed by atoms with van der Waals surface area (Å²) < 4.78 is 13.2. The number of halogens is 1. The maximum absolute atomic E-state index is 6.31. The first-order chi connectivity index (χ1) is 10.1. The van der Waals surface area contributed by atoms with E-state index in [9.17, 15) is 0 Å². The van der Waals surface area contributed by atoms with Gasteiger partial charge in [-0.25, -0.2) is 0 Å². The van der Waals surface area contributed by atoms with Gasteiger partial charge in [-0.1, -0.05) is 22.9 Å². The third-order valence-electron chi connectivity index (χ3n) is 4.92. The Morgan fingerprint density at radius 2 is 2.14 bits per heavy atom. The standard InChI is InChI=1S/C17H24BrNO2/c1-12-2-5-17(11-19,6-3-12)21-10-14-9-15(18)8-13-4-7-20-16(13)14/h8-9,12H,2-7,10-11,19H2,1H3. The molecule has 1 aliphatic carbocycles. The lowest BCUT2D eigenvalue weighted by molar-refractivity contribution is -0.0803. The first-order valence-electron chi connectivity index (χ1n) is 7.90. The number of fused-ring (bicyclic) bond motifs is 1. The fourth-order valence-corrected chi connectivity index (χ4v) is 3.93. The van der Waals surface area contributed by atoms with E-state index in [1.807, 2.05) is 0 Å². The van der Waals surface area contributed by atoms with Crippen molar-refractivity contribution >= 4 is 15.9 Å². The van der Waals surface area contributed by atoms with Crippen LogP contribution in [0.1, 0.15) is 43.7 Å². The van der Waals surface area contributed by atoms with Crippen LogP contribution in [0.3, 0.4) is 0 Å². The molecule has 21 heavy (non-hydrogen) atoms. The molecule has 3 nitrogen and oxygen atoms in total. The Morgan fingerprint density at radius 1 is 1.38 bits per heavy atom. The highest BCUT2D eigenvalue weighted by atomic mass is 79.9. The van der Waals surface area contributed by atoms with Gasteiger partial charge in [0.05, 0.1) is 18.8 Å². The molecule has 0 radical (unpaired) electrons. The molecule has 2 N–H and O–H groups in total. The van der Waals surface area contributed by atoms with Gasteiger partial charge in [0.25, 0.3) is 0 Å². The van der Waals surface area contributed by atoms with E-state index in [1.54, 1.807) is 0 Å². The van der Waals surface area contributed by atoms with Crippen molar-refractivity contribution < 1.29 is 9.47 Å². The predicted octanol–water partition coefficient (Wildman–Crippen LogP) is 3.81. The van der Waals surface area contributed by atoms with Crippen molar-refractivity contribution in [1.29, 1.82) is 0 Å². The van der Waals surface area contributed by atoms with Gasteiger partial charge in [-0.2, -0.15) is 0 Å². The largest absolute Gasteiger partial charge is 0.493 e. The first kappa shape index (κ1) is 15.3. The van der Waals surface area contributed by atoms with Crippen LogP contribution >= 0.6 is 15.9 Å². The third-order valence-corrected chi connectivity index (χ3v) is 5.37. The molecule has 0 atom stereocenters. The highest BCUT2D eigenvalue weighted by Crippen LogP contribution is 2.37. The summed E-state index contributed by atoms with van der Waals surface area (Å²) in [6, 6.07) is 4.26. The average Bonchev–Trinajstić information content (AvgIpc) is 2.95. The van der Waals surface area contributed by atoms with Crippen LogP contribution in [0, 0.1) is 5.92 Å². The van der Waals surface area contributed by atoms with Crippen LogP contribution in [0.5, 0.6) is 5.75 Å². The molecule has 0 spiro atoms. The van der Waals surface area contributed by atoms with Gasteiger partial charge in [0, 0.05) is 23.0 Å². The molecule has 0 unspecified atom stereocenters. The predicted molar refractivity (Wildman–Crippen MR) is 87.5 cm³/mol. The molecule has 1 heterocycles. The molecule has 1 aliphatic heterocycles. The number of hydrogen-bond acceptors (Lipinski definition) is 3. The molecule has 1 fully saturated rings. The molecule has 0 bridgehead atoms. The lowest BCUT2D eigenvalue weighted by Crippen LogP contribution is -2.43. The normalized spacial score (nSPS) is 28.2. The zero-order valence-electron chi connectivity index (χ0n) is 12.7. The molecular weight excluding hydrogens is 330 g/mol. The third kappa shape index (κ3) is 3.27. The number of hydrogen-bond donors (Lipinski definition) is 1. The Hall–Kier alpha value is -0.580. The molecule has 0 saturated heterocycles. The fraction of sp³-hybridized carbons (Fsp3) is 0.647. The SMILES string of the molecule is CC1CCC(CN)(OCc2cc(Br)cc3c2OCC3)CC1. The molecule has 1 aromatic rings. The highest BCUT2D eigenvalue weighted by Gasteiger charge is 2.34. The number of ether oxygens (including phenoxy) is 2. The van der Waals surface area contributed by atoms with E-state index in [2.05, 4.69) is 35.0 Å². The Kier molecular flexibility index (Phi) is 4.57. The minimum atomic E-state index is -0.139. The van der Waals surface area contributed by atoms with Gasteiger partial charge >= 0.3 is 0 Å². The molecule has 0 aromatic heterocycles. The number of rotatable bonds is 4. The van der Waals surface area contributed by atoms with Gasteiger partial charge in [-0.15, -0.1) is 0 Å². The van der Waals surface area contributed by atoms with Crippen LogP contribution in [-0.2, 0) is 17.8 Å². The van der Waals surface area contributed by atoms with Crippen molar-refractivity contribution in [2.45, 2.75) is 51.2 Å². The molecule has 1 aromatic carbocycles. The van der Waals surface area contributed by atoms with E-state index in [-0.39, 0.29) is 5.60 Å². The van der Waals surface area contributed by atoms with Crippen LogP contribution in [-0.4, -0.2) is 18.8 Å². The molecule has 0 amide bonds. The Morgan fingerprint density at radius 3 is 2.86 bits per heavy atom. The van der Waals surface area contributed by atoms with Gasteiger partial charge in [0.15, 0.2) is 0 Å². The summed E-state index contributed by atoms with van der Waals surface area (Å²) >= 11 is 3.58. The average molecular weight is 354 g/mol. The van der Waals surface area contributed by atoms with Crippen molar-refractivity contribution in [1.82, 2.24) is 0 Å². The van der Waals surface area contributed by atoms with E-state index >= 15 is 0 Å². The minimum Gasteiger partial charge on any atom is -0.493 e. The minimum absolute atomic E-state index is 0.139. The van der Waals surface area contributed by atoms with Crippen molar-refractivity contribution in [3.63, 3.8) is 0 Å². The van der Waals surface area contributed by atoms with Crippen LogP contribution in [0.2, 0.25) is 0 Å². The van der Waals surface area contributed by atoms with E-state index in [0.717, 1.165) is 47.6 Å². The Balaban J connectivity index is 1.72. The molecule has 2 aliphatic rings. The van der Waals surface area contributed by atoms with E-state index in [1.165, 1.54) is 18.4 Å².